The first-order valence-corrected chi connectivity index (χ1v) is 8.99. The Hall–Kier alpha value is -2.59. The van der Waals surface area contributed by atoms with Gasteiger partial charge in [-0.1, -0.05) is 6.07 Å². The lowest BCUT2D eigenvalue weighted by Crippen LogP contribution is -2.50. The minimum atomic E-state index is -3.79. The highest BCUT2D eigenvalue weighted by atomic mass is 32.2. The maximum atomic E-state index is 13.3. The average Bonchev–Trinajstić information content (AvgIpc) is 2.62. The SMILES string of the molecule is O=[N+]([O-])c1ccc[nH+]c1N1CCN(S(=O)(=O)c2cccc(F)c2)CC1. The summed E-state index contributed by atoms with van der Waals surface area (Å²) in [6, 6.07) is 7.79. The second kappa shape index (κ2) is 6.73. The summed E-state index contributed by atoms with van der Waals surface area (Å²) in [4.78, 5) is 15.1. The monoisotopic (exact) mass is 367 g/mol. The van der Waals surface area contributed by atoms with E-state index in [4.69, 9.17) is 0 Å². The van der Waals surface area contributed by atoms with Crippen LogP contribution in [-0.2, 0) is 10.0 Å². The van der Waals surface area contributed by atoms with Crippen molar-refractivity contribution in [3.05, 3.63) is 58.5 Å². The number of hydrogen-bond donors (Lipinski definition) is 0. The molecule has 3 rings (SSSR count). The lowest BCUT2D eigenvalue weighted by Gasteiger charge is -2.29. The average molecular weight is 367 g/mol. The summed E-state index contributed by atoms with van der Waals surface area (Å²) in [7, 11) is -3.79. The fraction of sp³-hybridized carbons (Fsp3) is 0.267. The Morgan fingerprint density at radius 2 is 1.84 bits per heavy atom. The van der Waals surface area contributed by atoms with Crippen LogP contribution in [0.4, 0.5) is 15.9 Å². The largest absolute Gasteiger partial charge is 0.357 e. The Balaban J connectivity index is 1.77. The van der Waals surface area contributed by atoms with Crippen molar-refractivity contribution in [3.63, 3.8) is 0 Å². The molecule has 2 heterocycles. The van der Waals surface area contributed by atoms with Gasteiger partial charge in [0, 0.05) is 6.07 Å². The zero-order valence-electron chi connectivity index (χ0n) is 13.1. The third-order valence-electron chi connectivity index (χ3n) is 4.00. The number of nitrogens with one attached hydrogen (secondary N) is 1. The molecule has 1 fully saturated rings. The molecule has 10 heteroatoms. The molecule has 0 amide bonds. The van der Waals surface area contributed by atoms with Gasteiger partial charge in [0.1, 0.15) is 5.82 Å². The van der Waals surface area contributed by atoms with Crippen molar-refractivity contribution in [1.29, 1.82) is 0 Å². The van der Waals surface area contributed by atoms with Gasteiger partial charge < -0.3 is 0 Å². The predicted molar refractivity (Wildman–Crippen MR) is 87.0 cm³/mol. The highest BCUT2D eigenvalue weighted by molar-refractivity contribution is 7.89. The lowest BCUT2D eigenvalue weighted by atomic mass is 10.3. The van der Waals surface area contributed by atoms with E-state index in [0.717, 1.165) is 6.07 Å². The summed E-state index contributed by atoms with van der Waals surface area (Å²) in [5, 5.41) is 11.1. The molecule has 2 aromatic rings. The van der Waals surface area contributed by atoms with Gasteiger partial charge in [-0.3, -0.25) is 15.0 Å². The number of halogens is 1. The van der Waals surface area contributed by atoms with Crippen LogP contribution >= 0.6 is 0 Å². The van der Waals surface area contributed by atoms with Gasteiger partial charge in [-0.05, 0) is 24.3 Å². The Morgan fingerprint density at radius 3 is 2.48 bits per heavy atom. The maximum Gasteiger partial charge on any atom is 0.357 e. The number of sulfonamides is 1. The quantitative estimate of drug-likeness (QED) is 0.594. The van der Waals surface area contributed by atoms with Crippen molar-refractivity contribution in [2.45, 2.75) is 4.90 Å². The van der Waals surface area contributed by atoms with Crippen molar-refractivity contribution < 1.29 is 22.7 Å². The van der Waals surface area contributed by atoms with Crippen molar-refractivity contribution in [2.75, 3.05) is 31.1 Å². The molecule has 0 saturated carbocycles. The molecule has 1 aliphatic heterocycles. The minimum absolute atomic E-state index is 0.0658. The van der Waals surface area contributed by atoms with E-state index in [1.165, 1.54) is 34.6 Å². The Labute approximate surface area is 143 Å². The third kappa shape index (κ3) is 3.44. The van der Waals surface area contributed by atoms with E-state index in [-0.39, 0.29) is 36.8 Å². The molecule has 132 valence electrons. The molecular weight excluding hydrogens is 351 g/mol. The fourth-order valence-electron chi connectivity index (χ4n) is 2.75. The van der Waals surface area contributed by atoms with Crippen molar-refractivity contribution in [2.24, 2.45) is 0 Å². The van der Waals surface area contributed by atoms with Crippen LogP contribution in [0.2, 0.25) is 0 Å². The molecule has 0 atom stereocenters. The van der Waals surface area contributed by atoms with Crippen LogP contribution in [-0.4, -0.2) is 43.8 Å². The standard InChI is InChI=1S/C15H15FN4O4S/c16-12-3-1-4-13(11-12)25(23,24)19-9-7-18(8-10-19)15-14(20(21)22)5-2-6-17-15/h1-6,11H,7-10H2/p+1. The van der Waals surface area contributed by atoms with Gasteiger partial charge in [-0.25, -0.2) is 17.8 Å². The summed E-state index contributed by atoms with van der Waals surface area (Å²) in [5.41, 5.74) is -0.0658. The van der Waals surface area contributed by atoms with Gasteiger partial charge in [0.2, 0.25) is 10.0 Å². The summed E-state index contributed by atoms with van der Waals surface area (Å²) in [6.45, 7) is 0.878. The van der Waals surface area contributed by atoms with E-state index in [2.05, 4.69) is 4.98 Å². The zero-order valence-corrected chi connectivity index (χ0v) is 13.9. The molecule has 0 spiro atoms. The van der Waals surface area contributed by atoms with Crippen LogP contribution in [0.5, 0.6) is 0 Å². The number of nitrogens with zero attached hydrogens (tertiary/aromatic N) is 3. The number of piperazine rings is 1. The fourth-order valence-corrected chi connectivity index (χ4v) is 4.20. The van der Waals surface area contributed by atoms with E-state index in [9.17, 15) is 22.9 Å². The van der Waals surface area contributed by atoms with E-state index >= 15 is 0 Å². The van der Waals surface area contributed by atoms with Crippen LogP contribution < -0.4 is 9.88 Å². The molecule has 0 aliphatic carbocycles. The van der Waals surface area contributed by atoms with Crippen molar-refractivity contribution in [3.8, 4) is 0 Å². The number of benzene rings is 1. The molecule has 25 heavy (non-hydrogen) atoms. The molecule has 8 nitrogen and oxygen atoms in total. The smallest absolute Gasteiger partial charge is 0.258 e. The molecule has 1 aromatic heterocycles. The Bertz CT molecular complexity index is 898. The maximum absolute atomic E-state index is 13.3. The first-order chi connectivity index (χ1) is 11.9. The minimum Gasteiger partial charge on any atom is -0.258 e. The van der Waals surface area contributed by atoms with E-state index < -0.39 is 20.8 Å². The van der Waals surface area contributed by atoms with Gasteiger partial charge in [0.25, 0.3) is 0 Å². The first kappa shape index (κ1) is 17.2. The molecule has 1 aliphatic rings. The first-order valence-electron chi connectivity index (χ1n) is 7.55. The van der Waals surface area contributed by atoms with Crippen molar-refractivity contribution >= 4 is 21.5 Å². The summed E-state index contributed by atoms with van der Waals surface area (Å²) in [6.07, 6.45) is 1.58. The predicted octanol–water partition coefficient (Wildman–Crippen LogP) is 1.06. The number of nitro groups is 1. The molecule has 1 N–H and O–H groups in total. The number of H-pyrrole nitrogens is 1. The van der Waals surface area contributed by atoms with Gasteiger partial charge in [-0.2, -0.15) is 4.31 Å². The van der Waals surface area contributed by atoms with Crippen LogP contribution in [0.15, 0.2) is 47.5 Å². The second-order valence-corrected chi connectivity index (χ2v) is 7.45. The van der Waals surface area contributed by atoms with Gasteiger partial charge in [-0.15, -0.1) is 0 Å². The Morgan fingerprint density at radius 1 is 1.12 bits per heavy atom. The molecule has 1 saturated heterocycles. The van der Waals surface area contributed by atoms with E-state index in [1.54, 1.807) is 11.1 Å². The molecule has 1 aromatic carbocycles. The zero-order chi connectivity index (χ0) is 18.0. The molecular formula is C15H16FN4O4S+. The van der Waals surface area contributed by atoms with Crippen LogP contribution in [0.3, 0.4) is 0 Å². The van der Waals surface area contributed by atoms with E-state index in [1.807, 2.05) is 0 Å². The van der Waals surface area contributed by atoms with Crippen LogP contribution in [0.25, 0.3) is 0 Å². The highest BCUT2D eigenvalue weighted by Gasteiger charge is 2.35. The van der Waals surface area contributed by atoms with E-state index in [0.29, 0.717) is 5.82 Å². The topological polar surface area (TPSA) is 97.9 Å². The van der Waals surface area contributed by atoms with Crippen LogP contribution in [0, 0.1) is 15.9 Å². The number of hydrogen-bond acceptors (Lipinski definition) is 5. The Kier molecular flexibility index (Phi) is 4.64. The summed E-state index contributed by atoms with van der Waals surface area (Å²) < 4.78 is 39.7. The third-order valence-corrected chi connectivity index (χ3v) is 5.89. The summed E-state index contributed by atoms with van der Waals surface area (Å²) >= 11 is 0. The number of anilines is 1. The highest BCUT2D eigenvalue weighted by Crippen LogP contribution is 2.25. The van der Waals surface area contributed by atoms with Gasteiger partial charge in [0.15, 0.2) is 0 Å². The number of aromatic amines is 1. The summed E-state index contributed by atoms with van der Waals surface area (Å²) in [5.74, 6) is -0.274. The molecule has 0 radical (unpaired) electrons. The lowest BCUT2D eigenvalue weighted by molar-refractivity contribution is -0.411. The normalized spacial score (nSPS) is 16.0. The van der Waals surface area contributed by atoms with Crippen LogP contribution in [0.1, 0.15) is 0 Å². The second-order valence-electron chi connectivity index (χ2n) is 5.51. The number of aromatic nitrogens is 1. The van der Waals surface area contributed by atoms with Gasteiger partial charge >= 0.3 is 11.5 Å². The molecule has 0 bridgehead atoms. The number of rotatable bonds is 4. The molecule has 0 unspecified atom stereocenters. The number of pyridine rings is 1. The van der Waals surface area contributed by atoms with Crippen molar-refractivity contribution in [1.82, 2.24) is 4.31 Å². The van der Waals surface area contributed by atoms with Gasteiger partial charge in [0.05, 0.1) is 42.2 Å².